The number of halogens is 1. The summed E-state index contributed by atoms with van der Waals surface area (Å²) < 4.78 is 5.47. The van der Waals surface area contributed by atoms with Crippen molar-refractivity contribution in [1.82, 2.24) is 0 Å². The predicted octanol–water partition coefficient (Wildman–Crippen LogP) is 4.43. The van der Waals surface area contributed by atoms with E-state index >= 15 is 0 Å². The van der Waals surface area contributed by atoms with Crippen LogP contribution in [-0.2, 0) is 11.2 Å². The zero-order valence-corrected chi connectivity index (χ0v) is 13.3. The van der Waals surface area contributed by atoms with Gasteiger partial charge in [-0.25, -0.2) is 0 Å². The fraction of sp³-hybridized carbons (Fsp3) is 0.529. The number of unbranched alkanes of at least 4 members (excludes halogenated alkanes) is 1. The van der Waals surface area contributed by atoms with E-state index in [0.717, 1.165) is 31.4 Å². The van der Waals surface area contributed by atoms with Crippen molar-refractivity contribution < 1.29 is 9.84 Å². The van der Waals surface area contributed by atoms with Gasteiger partial charge in [0.1, 0.15) is 12.4 Å². The average molecular weight is 295 g/mol. The minimum Gasteiger partial charge on any atom is -0.506 e. The van der Waals surface area contributed by atoms with E-state index in [-0.39, 0.29) is 11.2 Å². The molecule has 0 fully saturated rings. The van der Waals surface area contributed by atoms with E-state index in [2.05, 4.69) is 32.6 Å². The van der Waals surface area contributed by atoms with Crippen molar-refractivity contribution in [1.29, 1.82) is 0 Å². The molecule has 110 valence electrons. The minimum atomic E-state index is 0.144. The highest BCUT2D eigenvalue weighted by Crippen LogP contribution is 2.27. The van der Waals surface area contributed by atoms with Gasteiger partial charge in [-0.2, -0.15) is 0 Å². The van der Waals surface area contributed by atoms with Crippen LogP contribution in [-0.4, -0.2) is 18.3 Å². The molecule has 0 saturated carbocycles. The highest BCUT2D eigenvalue weighted by atomic mass is 35.5. The van der Waals surface area contributed by atoms with Gasteiger partial charge in [-0.3, -0.25) is 0 Å². The fourth-order valence-corrected chi connectivity index (χ4v) is 1.89. The van der Waals surface area contributed by atoms with Crippen LogP contribution < -0.4 is 0 Å². The molecule has 0 atom stereocenters. The normalized spacial score (nSPS) is 11.0. The van der Waals surface area contributed by atoms with Crippen molar-refractivity contribution in [2.75, 3.05) is 13.2 Å². The molecule has 0 unspecified atom stereocenters. The number of hydrogen-bond donors (Lipinski definition) is 1. The minimum absolute atomic E-state index is 0.144. The monoisotopic (exact) mass is 294 g/mol. The number of ether oxygens (including phenoxy) is 1. The van der Waals surface area contributed by atoms with Crippen LogP contribution in [0.25, 0.3) is 0 Å². The molecule has 20 heavy (non-hydrogen) atoms. The molecule has 0 spiro atoms. The summed E-state index contributed by atoms with van der Waals surface area (Å²) in [6.07, 6.45) is 2.56. The number of aromatic hydroxyl groups is 1. The van der Waals surface area contributed by atoms with Crippen molar-refractivity contribution in [2.24, 2.45) is 5.41 Å². The van der Waals surface area contributed by atoms with E-state index in [0.29, 0.717) is 11.6 Å². The van der Waals surface area contributed by atoms with Gasteiger partial charge >= 0.3 is 0 Å². The largest absolute Gasteiger partial charge is 0.506 e. The predicted molar refractivity (Wildman–Crippen MR) is 84.1 cm³/mol. The van der Waals surface area contributed by atoms with Gasteiger partial charge in [0, 0.05) is 6.42 Å². The van der Waals surface area contributed by atoms with Crippen molar-refractivity contribution in [3.63, 3.8) is 0 Å². The number of benzene rings is 1. The zero-order valence-electron chi connectivity index (χ0n) is 12.5. The van der Waals surface area contributed by atoms with Crippen LogP contribution in [0.1, 0.15) is 39.2 Å². The maximum absolute atomic E-state index is 9.49. The third kappa shape index (κ3) is 6.84. The molecule has 0 aliphatic heterocycles. The third-order valence-corrected chi connectivity index (χ3v) is 3.08. The molecule has 0 bridgehead atoms. The van der Waals surface area contributed by atoms with E-state index in [1.165, 1.54) is 0 Å². The number of aryl methyl sites for hydroxylation is 1. The SMILES string of the molecule is CC(C)(C)COCC#CCCCc1cccc(O)c1Cl. The first-order valence-electron chi connectivity index (χ1n) is 6.90. The Balaban J connectivity index is 2.21. The molecular weight excluding hydrogens is 272 g/mol. The Morgan fingerprint density at radius 1 is 1.25 bits per heavy atom. The maximum Gasteiger partial charge on any atom is 0.134 e. The van der Waals surface area contributed by atoms with Gasteiger partial charge in [0.2, 0.25) is 0 Å². The second-order valence-electron chi connectivity index (χ2n) is 6.01. The van der Waals surface area contributed by atoms with Crippen LogP contribution in [0.3, 0.4) is 0 Å². The maximum atomic E-state index is 9.49. The Labute approximate surface area is 127 Å². The lowest BCUT2D eigenvalue weighted by Crippen LogP contribution is -2.14. The fourth-order valence-electron chi connectivity index (χ4n) is 1.67. The van der Waals surface area contributed by atoms with E-state index < -0.39 is 0 Å². The first-order chi connectivity index (χ1) is 9.40. The summed E-state index contributed by atoms with van der Waals surface area (Å²) in [5, 5.41) is 9.94. The molecular formula is C17H23ClO2. The summed E-state index contributed by atoms with van der Waals surface area (Å²) in [5.74, 6) is 6.26. The van der Waals surface area contributed by atoms with Gasteiger partial charge in [-0.15, -0.1) is 5.92 Å². The lowest BCUT2D eigenvalue weighted by atomic mass is 9.99. The summed E-state index contributed by atoms with van der Waals surface area (Å²) in [4.78, 5) is 0. The number of hydrogen-bond acceptors (Lipinski definition) is 2. The van der Waals surface area contributed by atoms with Gasteiger partial charge in [-0.05, 0) is 29.9 Å². The molecule has 0 amide bonds. The quantitative estimate of drug-likeness (QED) is 0.643. The topological polar surface area (TPSA) is 29.5 Å². The Kier molecular flexibility index (Phi) is 6.91. The molecule has 1 rings (SSSR count). The van der Waals surface area contributed by atoms with Crippen molar-refractivity contribution in [3.8, 4) is 17.6 Å². The van der Waals surface area contributed by atoms with Gasteiger partial charge in [-0.1, -0.05) is 50.4 Å². The highest BCUT2D eigenvalue weighted by Gasteiger charge is 2.08. The molecule has 0 aromatic heterocycles. The smallest absolute Gasteiger partial charge is 0.134 e. The van der Waals surface area contributed by atoms with E-state index in [4.69, 9.17) is 16.3 Å². The lowest BCUT2D eigenvalue weighted by molar-refractivity contribution is 0.0943. The van der Waals surface area contributed by atoms with Gasteiger partial charge in [0.15, 0.2) is 0 Å². The van der Waals surface area contributed by atoms with Gasteiger partial charge in [0.25, 0.3) is 0 Å². The summed E-state index contributed by atoms with van der Waals surface area (Å²) in [7, 11) is 0. The van der Waals surface area contributed by atoms with Crippen LogP contribution in [0, 0.1) is 17.3 Å². The Morgan fingerprint density at radius 2 is 2.00 bits per heavy atom. The van der Waals surface area contributed by atoms with Crippen LogP contribution in [0.2, 0.25) is 5.02 Å². The Bertz CT molecular complexity index is 478. The first-order valence-corrected chi connectivity index (χ1v) is 7.28. The van der Waals surface area contributed by atoms with Crippen LogP contribution in [0.15, 0.2) is 18.2 Å². The molecule has 2 nitrogen and oxygen atoms in total. The standard InChI is InChI=1S/C17H23ClO2/c1-17(2,3)13-20-12-7-5-4-6-9-14-10-8-11-15(19)16(14)18/h8,10-11,19H,4,6,9,12-13H2,1-3H3. The molecule has 3 heteroatoms. The molecule has 1 aromatic carbocycles. The Morgan fingerprint density at radius 3 is 2.70 bits per heavy atom. The molecule has 1 N–H and O–H groups in total. The molecule has 1 aromatic rings. The van der Waals surface area contributed by atoms with Gasteiger partial charge in [0.05, 0.1) is 11.6 Å². The average Bonchev–Trinajstić information content (AvgIpc) is 2.36. The van der Waals surface area contributed by atoms with E-state index in [9.17, 15) is 5.11 Å². The van der Waals surface area contributed by atoms with Crippen molar-refractivity contribution in [2.45, 2.75) is 40.0 Å². The summed E-state index contributed by atoms with van der Waals surface area (Å²) in [6.45, 7) is 7.63. The summed E-state index contributed by atoms with van der Waals surface area (Å²) in [5.41, 5.74) is 1.16. The molecule has 0 aliphatic carbocycles. The zero-order chi connectivity index (χ0) is 15.0. The molecule has 0 saturated heterocycles. The first kappa shape index (κ1) is 16.9. The number of phenols is 1. The lowest BCUT2D eigenvalue weighted by Gasteiger charge is -2.16. The summed E-state index contributed by atoms with van der Waals surface area (Å²) in [6, 6.07) is 5.34. The summed E-state index contributed by atoms with van der Waals surface area (Å²) >= 11 is 6.01. The molecule has 0 radical (unpaired) electrons. The second kappa shape index (κ2) is 8.19. The van der Waals surface area contributed by atoms with E-state index in [1.54, 1.807) is 6.07 Å². The van der Waals surface area contributed by atoms with Crippen molar-refractivity contribution in [3.05, 3.63) is 28.8 Å². The highest BCUT2D eigenvalue weighted by molar-refractivity contribution is 6.32. The van der Waals surface area contributed by atoms with Crippen LogP contribution >= 0.6 is 11.6 Å². The Hall–Kier alpha value is -1.17. The van der Waals surface area contributed by atoms with Crippen LogP contribution in [0.5, 0.6) is 5.75 Å². The van der Waals surface area contributed by atoms with Gasteiger partial charge < -0.3 is 9.84 Å². The molecule has 0 heterocycles. The number of rotatable bonds is 5. The molecule has 0 aliphatic rings. The third-order valence-electron chi connectivity index (χ3n) is 2.64. The van der Waals surface area contributed by atoms with Crippen molar-refractivity contribution >= 4 is 11.6 Å². The van der Waals surface area contributed by atoms with E-state index in [1.807, 2.05) is 12.1 Å². The van der Waals surface area contributed by atoms with Crippen LogP contribution in [0.4, 0.5) is 0 Å². The second-order valence-corrected chi connectivity index (χ2v) is 6.39. The number of phenolic OH excluding ortho intramolecular Hbond substituents is 1.